The fourth-order valence-electron chi connectivity index (χ4n) is 2.08. The van der Waals surface area contributed by atoms with Crippen molar-refractivity contribution in [2.75, 3.05) is 5.32 Å². The summed E-state index contributed by atoms with van der Waals surface area (Å²) >= 11 is 18.3. The van der Waals surface area contributed by atoms with Gasteiger partial charge in [-0.15, -0.1) is 0 Å². The highest BCUT2D eigenvalue weighted by atomic mass is 35.5. The highest BCUT2D eigenvalue weighted by Gasteiger charge is 2.13. The van der Waals surface area contributed by atoms with Crippen LogP contribution in [0.3, 0.4) is 0 Å². The Morgan fingerprint density at radius 1 is 1.00 bits per heavy atom. The molecule has 1 N–H and O–H groups in total. The van der Waals surface area contributed by atoms with Gasteiger partial charge >= 0.3 is 0 Å². The van der Waals surface area contributed by atoms with Crippen LogP contribution < -0.4 is 5.32 Å². The maximum absolute atomic E-state index is 6.21. The van der Waals surface area contributed by atoms with E-state index in [1.165, 1.54) is 5.56 Å². The Kier molecular flexibility index (Phi) is 5.59. The number of benzene rings is 2. The van der Waals surface area contributed by atoms with Crippen molar-refractivity contribution < 1.29 is 0 Å². The van der Waals surface area contributed by atoms with Gasteiger partial charge in [-0.2, -0.15) is 0 Å². The van der Waals surface area contributed by atoms with Crippen LogP contribution in [0.15, 0.2) is 42.5 Å². The van der Waals surface area contributed by atoms with E-state index in [0.29, 0.717) is 15.1 Å². The molecule has 0 bridgehead atoms. The van der Waals surface area contributed by atoms with Gasteiger partial charge in [0.25, 0.3) is 0 Å². The molecule has 2 aromatic carbocycles. The van der Waals surface area contributed by atoms with E-state index in [-0.39, 0.29) is 6.04 Å². The molecule has 0 fully saturated rings. The Labute approximate surface area is 134 Å². The molecule has 0 aliphatic heterocycles. The standard InChI is InChI=1S/C16H16Cl3N/c1-2-13(8-11-6-4-3-5-7-11)20-16-14(18)9-12(17)10-15(16)19/h3-7,9-10,13,20H,2,8H2,1H3. The Morgan fingerprint density at radius 2 is 1.60 bits per heavy atom. The Bertz CT molecular complexity index is 546. The second-order valence-electron chi connectivity index (χ2n) is 4.68. The van der Waals surface area contributed by atoms with E-state index >= 15 is 0 Å². The Balaban J connectivity index is 2.15. The molecule has 0 saturated heterocycles. The van der Waals surface area contributed by atoms with Crippen LogP contribution in [0.1, 0.15) is 18.9 Å². The quantitative estimate of drug-likeness (QED) is 0.701. The molecular formula is C16H16Cl3N. The van der Waals surface area contributed by atoms with Gasteiger partial charge in [0.1, 0.15) is 0 Å². The van der Waals surface area contributed by atoms with E-state index in [9.17, 15) is 0 Å². The Hall–Kier alpha value is -0.890. The summed E-state index contributed by atoms with van der Waals surface area (Å²) in [6, 6.07) is 14.0. The topological polar surface area (TPSA) is 12.0 Å². The summed E-state index contributed by atoms with van der Waals surface area (Å²) in [6.07, 6.45) is 1.90. The molecule has 0 radical (unpaired) electrons. The minimum atomic E-state index is 0.272. The molecule has 0 heterocycles. The molecule has 2 aromatic rings. The second-order valence-corrected chi connectivity index (χ2v) is 5.93. The summed E-state index contributed by atoms with van der Waals surface area (Å²) < 4.78 is 0. The normalized spacial score (nSPS) is 12.2. The average molecular weight is 329 g/mol. The first-order chi connectivity index (χ1) is 9.60. The molecule has 1 unspecified atom stereocenters. The largest absolute Gasteiger partial charge is 0.380 e. The Morgan fingerprint density at radius 3 is 2.15 bits per heavy atom. The number of halogens is 3. The van der Waals surface area contributed by atoms with Crippen LogP contribution in [0, 0.1) is 0 Å². The summed E-state index contributed by atoms with van der Waals surface area (Å²) in [5, 5.41) is 5.06. The molecule has 0 amide bonds. The second kappa shape index (κ2) is 7.21. The molecule has 0 saturated carbocycles. The highest BCUT2D eigenvalue weighted by molar-refractivity contribution is 6.41. The highest BCUT2D eigenvalue weighted by Crippen LogP contribution is 2.34. The van der Waals surface area contributed by atoms with E-state index in [4.69, 9.17) is 34.8 Å². The summed E-state index contributed by atoms with van der Waals surface area (Å²) in [5.74, 6) is 0. The van der Waals surface area contributed by atoms with Crippen LogP contribution in [-0.4, -0.2) is 6.04 Å². The van der Waals surface area contributed by atoms with Crippen molar-refractivity contribution in [3.63, 3.8) is 0 Å². The predicted octanol–water partition coefficient (Wildman–Crippen LogP) is 6.08. The van der Waals surface area contributed by atoms with Gasteiger partial charge < -0.3 is 5.32 Å². The molecule has 20 heavy (non-hydrogen) atoms. The zero-order valence-corrected chi connectivity index (χ0v) is 13.4. The lowest BCUT2D eigenvalue weighted by Gasteiger charge is -2.20. The van der Waals surface area contributed by atoms with Crippen molar-refractivity contribution in [2.24, 2.45) is 0 Å². The third kappa shape index (κ3) is 4.05. The maximum Gasteiger partial charge on any atom is 0.0722 e. The van der Waals surface area contributed by atoms with Crippen molar-refractivity contribution in [3.8, 4) is 0 Å². The van der Waals surface area contributed by atoms with E-state index in [0.717, 1.165) is 18.5 Å². The minimum absolute atomic E-state index is 0.272. The van der Waals surface area contributed by atoms with E-state index in [1.54, 1.807) is 12.1 Å². The van der Waals surface area contributed by atoms with Crippen LogP contribution in [0.25, 0.3) is 0 Å². The number of hydrogen-bond donors (Lipinski definition) is 1. The van der Waals surface area contributed by atoms with Crippen LogP contribution in [0.5, 0.6) is 0 Å². The predicted molar refractivity (Wildman–Crippen MR) is 89.3 cm³/mol. The molecule has 2 rings (SSSR count). The van der Waals surface area contributed by atoms with Gasteiger partial charge in [0, 0.05) is 11.1 Å². The summed E-state index contributed by atoms with van der Waals surface area (Å²) in [4.78, 5) is 0. The number of hydrogen-bond acceptors (Lipinski definition) is 1. The van der Waals surface area contributed by atoms with Crippen molar-refractivity contribution >= 4 is 40.5 Å². The van der Waals surface area contributed by atoms with Gasteiger partial charge in [-0.1, -0.05) is 72.1 Å². The SMILES string of the molecule is CCC(Cc1ccccc1)Nc1c(Cl)cc(Cl)cc1Cl. The molecule has 0 aliphatic rings. The average Bonchev–Trinajstić information content (AvgIpc) is 2.42. The van der Waals surface area contributed by atoms with Gasteiger partial charge in [0.2, 0.25) is 0 Å². The third-order valence-electron chi connectivity index (χ3n) is 3.17. The fraction of sp³-hybridized carbons (Fsp3) is 0.250. The molecular weight excluding hydrogens is 313 g/mol. The van der Waals surface area contributed by atoms with Crippen LogP contribution in [0.2, 0.25) is 15.1 Å². The van der Waals surface area contributed by atoms with Gasteiger partial charge in [0.05, 0.1) is 15.7 Å². The monoisotopic (exact) mass is 327 g/mol. The molecule has 1 atom stereocenters. The van der Waals surface area contributed by atoms with Crippen molar-refractivity contribution in [2.45, 2.75) is 25.8 Å². The van der Waals surface area contributed by atoms with Gasteiger partial charge in [-0.25, -0.2) is 0 Å². The molecule has 4 heteroatoms. The van der Waals surface area contributed by atoms with Gasteiger partial charge in [-0.05, 0) is 30.5 Å². The zero-order chi connectivity index (χ0) is 14.5. The van der Waals surface area contributed by atoms with Crippen molar-refractivity contribution in [1.29, 1.82) is 0 Å². The fourth-order valence-corrected chi connectivity index (χ4v) is 3.01. The number of anilines is 1. The maximum atomic E-state index is 6.21. The van der Waals surface area contributed by atoms with Crippen molar-refractivity contribution in [1.82, 2.24) is 0 Å². The number of nitrogens with one attached hydrogen (secondary N) is 1. The van der Waals surface area contributed by atoms with Crippen LogP contribution in [-0.2, 0) is 6.42 Å². The first-order valence-electron chi connectivity index (χ1n) is 6.55. The third-order valence-corrected chi connectivity index (χ3v) is 3.99. The smallest absolute Gasteiger partial charge is 0.0722 e. The molecule has 106 valence electrons. The minimum Gasteiger partial charge on any atom is -0.380 e. The van der Waals surface area contributed by atoms with Gasteiger partial charge in [0.15, 0.2) is 0 Å². The van der Waals surface area contributed by atoms with E-state index in [2.05, 4.69) is 24.4 Å². The molecule has 0 spiro atoms. The first-order valence-corrected chi connectivity index (χ1v) is 7.68. The van der Waals surface area contributed by atoms with E-state index in [1.807, 2.05) is 18.2 Å². The van der Waals surface area contributed by atoms with Crippen molar-refractivity contribution in [3.05, 3.63) is 63.1 Å². The van der Waals surface area contributed by atoms with Crippen LogP contribution in [0.4, 0.5) is 5.69 Å². The summed E-state index contributed by atoms with van der Waals surface area (Å²) in [5.41, 5.74) is 2.04. The summed E-state index contributed by atoms with van der Waals surface area (Å²) in [7, 11) is 0. The van der Waals surface area contributed by atoms with E-state index < -0.39 is 0 Å². The lowest BCUT2D eigenvalue weighted by atomic mass is 10.0. The summed E-state index contributed by atoms with van der Waals surface area (Å²) in [6.45, 7) is 2.14. The lowest BCUT2D eigenvalue weighted by molar-refractivity contribution is 0.690. The first kappa shape index (κ1) is 15.5. The van der Waals surface area contributed by atoms with Crippen LogP contribution >= 0.6 is 34.8 Å². The van der Waals surface area contributed by atoms with Gasteiger partial charge in [-0.3, -0.25) is 0 Å². The zero-order valence-electron chi connectivity index (χ0n) is 11.2. The molecule has 0 aromatic heterocycles. The number of rotatable bonds is 5. The molecule has 1 nitrogen and oxygen atoms in total. The lowest BCUT2D eigenvalue weighted by Crippen LogP contribution is -2.21. The molecule has 0 aliphatic carbocycles.